The van der Waals surface area contributed by atoms with Gasteiger partial charge in [0.1, 0.15) is 0 Å². The molecule has 76 valence electrons. The second-order valence-corrected chi connectivity index (χ2v) is 5.48. The number of halogens is 8. The molecule has 1 rings (SSSR count). The van der Waals surface area contributed by atoms with Crippen LogP contribution in [0.1, 0.15) is 0 Å². The first-order chi connectivity index (χ1) is 5.57. The molecule has 0 radical (unpaired) electrons. The third-order valence-corrected chi connectivity index (χ3v) is 5.02. The summed E-state index contributed by atoms with van der Waals surface area (Å²) in [6, 6.07) is 0. The molecule has 0 spiro atoms. The van der Waals surface area contributed by atoms with Crippen LogP contribution in [0, 0.1) is 0 Å². The van der Waals surface area contributed by atoms with Gasteiger partial charge in [-0.3, -0.25) is 0 Å². The number of hydrogen-bond donors (Lipinski definition) is 0. The van der Waals surface area contributed by atoms with Crippen molar-refractivity contribution in [2.75, 3.05) is 0 Å². The Bertz CT molecular complexity index is 255. The fourth-order valence-corrected chi connectivity index (χ4v) is 2.49. The lowest BCUT2D eigenvalue weighted by Gasteiger charge is -2.29. The van der Waals surface area contributed by atoms with Crippen molar-refractivity contribution < 1.29 is 8.78 Å². The van der Waals surface area contributed by atoms with E-state index in [0.29, 0.717) is 0 Å². The summed E-state index contributed by atoms with van der Waals surface area (Å²) in [6.07, 6.45) is 0. The Morgan fingerprint density at radius 3 is 1.31 bits per heavy atom. The molecule has 2 unspecified atom stereocenters. The summed E-state index contributed by atoms with van der Waals surface area (Å²) >= 11 is 31.5. The smallest absolute Gasteiger partial charge is 0.217 e. The quantitative estimate of drug-likeness (QED) is 0.570. The minimum Gasteiger partial charge on any atom is -0.217 e. The van der Waals surface area contributed by atoms with Gasteiger partial charge in [-0.25, -0.2) is 8.78 Å². The largest absolute Gasteiger partial charge is 0.274 e. The lowest BCUT2D eigenvalue weighted by molar-refractivity contribution is 0.136. The van der Waals surface area contributed by atoms with E-state index in [4.69, 9.17) is 69.6 Å². The summed E-state index contributed by atoms with van der Waals surface area (Å²) in [6.45, 7) is 0. The van der Waals surface area contributed by atoms with E-state index in [1.807, 2.05) is 0 Å². The molecule has 13 heavy (non-hydrogen) atoms. The van der Waals surface area contributed by atoms with Gasteiger partial charge in [-0.05, 0) is 0 Å². The van der Waals surface area contributed by atoms with Crippen LogP contribution in [0.4, 0.5) is 8.78 Å². The molecule has 1 aliphatic rings. The molecule has 0 bridgehead atoms. The Morgan fingerprint density at radius 1 is 0.846 bits per heavy atom. The predicted octanol–water partition coefficient (Wildman–Crippen LogP) is 4.67. The van der Waals surface area contributed by atoms with E-state index in [1.165, 1.54) is 0 Å². The van der Waals surface area contributed by atoms with Crippen LogP contribution in [0.3, 0.4) is 0 Å². The van der Waals surface area contributed by atoms with Crippen LogP contribution in [0.5, 0.6) is 0 Å². The van der Waals surface area contributed by atoms with Crippen molar-refractivity contribution in [2.45, 2.75) is 14.6 Å². The fraction of sp³-hybridized carbons (Fsp3) is 0.600. The highest BCUT2D eigenvalue weighted by atomic mass is 35.5. The van der Waals surface area contributed by atoms with Crippen LogP contribution in [0.2, 0.25) is 0 Å². The Morgan fingerprint density at radius 2 is 1.23 bits per heavy atom. The SMILES string of the molecule is FC1(Cl)C(Cl)=C(Cl)C(Cl)(Cl)C1(F)Cl. The summed E-state index contributed by atoms with van der Waals surface area (Å²) in [5.74, 6) is 0. The Labute approximate surface area is 103 Å². The highest BCUT2D eigenvalue weighted by Crippen LogP contribution is 2.65. The molecule has 0 aliphatic heterocycles. The van der Waals surface area contributed by atoms with E-state index in [-0.39, 0.29) is 0 Å². The first kappa shape index (κ1) is 12.4. The summed E-state index contributed by atoms with van der Waals surface area (Å²) < 4.78 is 24.3. The highest BCUT2D eigenvalue weighted by molar-refractivity contribution is 6.64. The Hall–Kier alpha value is 1.34. The van der Waals surface area contributed by atoms with Crippen molar-refractivity contribution in [1.29, 1.82) is 0 Å². The number of hydrogen-bond acceptors (Lipinski definition) is 0. The van der Waals surface area contributed by atoms with Crippen molar-refractivity contribution in [1.82, 2.24) is 0 Å². The molecule has 0 aromatic carbocycles. The molecule has 0 saturated carbocycles. The zero-order valence-electron chi connectivity index (χ0n) is 5.52. The summed E-state index contributed by atoms with van der Waals surface area (Å²) in [5, 5.41) is -8.04. The van der Waals surface area contributed by atoms with Gasteiger partial charge in [0.25, 0.3) is 10.3 Å². The molecule has 2 atom stereocenters. The predicted molar refractivity (Wildman–Crippen MR) is 52.6 cm³/mol. The average molecular weight is 311 g/mol. The number of alkyl halides is 6. The normalized spacial score (nSPS) is 44.3. The molecule has 0 saturated heterocycles. The molecular formula is C5Cl6F2. The second-order valence-electron chi connectivity index (χ2n) is 2.35. The minimum absolute atomic E-state index is 0.660. The molecular weight excluding hydrogens is 311 g/mol. The van der Waals surface area contributed by atoms with Crippen molar-refractivity contribution >= 4 is 69.6 Å². The zero-order valence-corrected chi connectivity index (χ0v) is 10.1. The van der Waals surface area contributed by atoms with E-state index in [1.54, 1.807) is 0 Å². The van der Waals surface area contributed by atoms with E-state index in [0.717, 1.165) is 0 Å². The average Bonchev–Trinajstić information content (AvgIpc) is 2.05. The molecule has 0 heterocycles. The van der Waals surface area contributed by atoms with Crippen molar-refractivity contribution in [3.8, 4) is 0 Å². The van der Waals surface area contributed by atoms with Crippen molar-refractivity contribution in [3.05, 3.63) is 10.1 Å². The van der Waals surface area contributed by atoms with Crippen LogP contribution >= 0.6 is 69.6 Å². The van der Waals surface area contributed by atoms with Gasteiger partial charge >= 0.3 is 0 Å². The Kier molecular flexibility index (Phi) is 3.02. The maximum absolute atomic E-state index is 13.5. The third-order valence-electron chi connectivity index (χ3n) is 1.53. The summed E-state index contributed by atoms with van der Waals surface area (Å²) in [7, 11) is 0. The first-order valence-electron chi connectivity index (χ1n) is 2.76. The van der Waals surface area contributed by atoms with Gasteiger partial charge in [0, 0.05) is 0 Å². The topological polar surface area (TPSA) is 0 Å². The monoisotopic (exact) mass is 308 g/mol. The van der Waals surface area contributed by atoms with Gasteiger partial charge in [0.05, 0.1) is 10.1 Å². The van der Waals surface area contributed by atoms with E-state index < -0.39 is 24.7 Å². The third kappa shape index (κ3) is 1.37. The van der Waals surface area contributed by atoms with Crippen LogP contribution < -0.4 is 0 Å². The van der Waals surface area contributed by atoms with Crippen LogP contribution in [-0.4, -0.2) is 14.6 Å². The van der Waals surface area contributed by atoms with Gasteiger partial charge < -0.3 is 0 Å². The van der Waals surface area contributed by atoms with Gasteiger partial charge in [-0.1, -0.05) is 69.6 Å². The summed E-state index contributed by atoms with van der Waals surface area (Å²) in [4.78, 5) is 0. The molecule has 0 nitrogen and oxygen atoms in total. The maximum Gasteiger partial charge on any atom is 0.274 e. The van der Waals surface area contributed by atoms with Gasteiger partial charge in [-0.15, -0.1) is 0 Å². The van der Waals surface area contributed by atoms with Crippen molar-refractivity contribution in [3.63, 3.8) is 0 Å². The van der Waals surface area contributed by atoms with Gasteiger partial charge in [0.2, 0.25) is 4.33 Å². The second kappa shape index (κ2) is 3.16. The molecule has 0 aromatic heterocycles. The zero-order chi connectivity index (χ0) is 10.7. The molecule has 0 amide bonds. The number of allylic oxidation sites excluding steroid dienone is 2. The molecule has 0 aromatic rings. The van der Waals surface area contributed by atoms with E-state index in [2.05, 4.69) is 0 Å². The molecule has 8 heteroatoms. The van der Waals surface area contributed by atoms with Gasteiger partial charge in [0.15, 0.2) is 0 Å². The Balaban J connectivity index is 3.39. The standard InChI is InChI=1S/C5Cl6F2/c6-1-2(7)4(10,12)5(11,13)3(1,8)9. The fourth-order valence-electron chi connectivity index (χ4n) is 0.749. The van der Waals surface area contributed by atoms with Gasteiger partial charge in [-0.2, -0.15) is 0 Å². The van der Waals surface area contributed by atoms with Crippen molar-refractivity contribution in [2.24, 2.45) is 0 Å². The molecule has 0 fully saturated rings. The number of rotatable bonds is 0. The molecule has 0 N–H and O–H groups in total. The lowest BCUT2D eigenvalue weighted by Crippen LogP contribution is -2.45. The first-order valence-corrected chi connectivity index (χ1v) is 5.03. The van der Waals surface area contributed by atoms with Crippen LogP contribution in [0.15, 0.2) is 10.1 Å². The maximum atomic E-state index is 13.5. The van der Waals surface area contributed by atoms with E-state index >= 15 is 0 Å². The van der Waals surface area contributed by atoms with Crippen LogP contribution in [0.25, 0.3) is 0 Å². The summed E-state index contributed by atoms with van der Waals surface area (Å²) in [5.41, 5.74) is 0. The molecule has 1 aliphatic carbocycles. The lowest BCUT2D eigenvalue weighted by atomic mass is 10.2. The van der Waals surface area contributed by atoms with E-state index in [9.17, 15) is 8.78 Å². The van der Waals surface area contributed by atoms with Crippen LogP contribution in [-0.2, 0) is 0 Å². The minimum atomic E-state index is -3.31. The highest BCUT2D eigenvalue weighted by Gasteiger charge is 2.73.